The summed E-state index contributed by atoms with van der Waals surface area (Å²) < 4.78 is 0. The van der Waals surface area contributed by atoms with Crippen molar-refractivity contribution >= 4 is 39.2 Å². The lowest BCUT2D eigenvalue weighted by atomic mass is 9.97. The van der Waals surface area contributed by atoms with Crippen molar-refractivity contribution in [2.75, 3.05) is 12.3 Å². The van der Waals surface area contributed by atoms with E-state index in [0.29, 0.717) is 5.75 Å². The zero-order chi connectivity index (χ0) is 17.9. The third-order valence-corrected chi connectivity index (χ3v) is 7.30. The number of carbonyl (C=O) groups is 1. The summed E-state index contributed by atoms with van der Waals surface area (Å²) >= 11 is 3.37. The van der Waals surface area contributed by atoms with E-state index in [2.05, 4.69) is 21.4 Å². The molecule has 1 N–H and O–H groups in total. The van der Waals surface area contributed by atoms with Crippen LogP contribution in [0.15, 0.2) is 16.7 Å². The van der Waals surface area contributed by atoms with Crippen LogP contribution in [0.4, 0.5) is 0 Å². The summed E-state index contributed by atoms with van der Waals surface area (Å²) in [5.41, 5.74) is 2.93. The Morgan fingerprint density at radius 2 is 2.15 bits per heavy atom. The zero-order valence-corrected chi connectivity index (χ0v) is 16.9. The predicted octanol–water partition coefficient (Wildman–Crippen LogP) is 4.59. The van der Waals surface area contributed by atoms with Gasteiger partial charge in [0.25, 0.3) is 0 Å². The first kappa shape index (κ1) is 18.0. The molecule has 138 valence electrons. The molecule has 26 heavy (non-hydrogen) atoms. The van der Waals surface area contributed by atoms with Crippen molar-refractivity contribution in [1.29, 1.82) is 0 Å². The molecular formula is C20H25N3OS2. The highest BCUT2D eigenvalue weighted by atomic mass is 32.2. The predicted molar refractivity (Wildman–Crippen MR) is 109 cm³/mol. The van der Waals surface area contributed by atoms with Gasteiger partial charge >= 0.3 is 0 Å². The lowest BCUT2D eigenvalue weighted by molar-refractivity contribution is -0.118. The van der Waals surface area contributed by atoms with Crippen LogP contribution in [0, 0.1) is 6.92 Å². The maximum Gasteiger partial charge on any atom is 0.230 e. The van der Waals surface area contributed by atoms with E-state index < -0.39 is 0 Å². The minimum Gasteiger partial charge on any atom is -0.355 e. The quantitative estimate of drug-likeness (QED) is 0.447. The van der Waals surface area contributed by atoms with Crippen LogP contribution in [-0.2, 0) is 17.6 Å². The average Bonchev–Trinajstić information content (AvgIpc) is 3.21. The Morgan fingerprint density at radius 1 is 1.23 bits per heavy atom. The topological polar surface area (TPSA) is 54.9 Å². The summed E-state index contributed by atoms with van der Waals surface area (Å²) in [6.07, 6.45) is 11.9. The molecule has 0 fully saturated rings. The minimum atomic E-state index is 0.0997. The molecule has 0 spiro atoms. The van der Waals surface area contributed by atoms with Gasteiger partial charge in [-0.2, -0.15) is 0 Å². The Hall–Kier alpha value is -1.40. The molecule has 6 heteroatoms. The van der Waals surface area contributed by atoms with Gasteiger partial charge in [0.15, 0.2) is 0 Å². The Balaban J connectivity index is 1.37. The highest BCUT2D eigenvalue weighted by molar-refractivity contribution is 8.00. The Labute approximate surface area is 162 Å². The van der Waals surface area contributed by atoms with Gasteiger partial charge in [-0.05, 0) is 63.9 Å². The highest BCUT2D eigenvalue weighted by Crippen LogP contribution is 2.40. The molecule has 2 aliphatic carbocycles. The van der Waals surface area contributed by atoms with Gasteiger partial charge in [-0.25, -0.2) is 9.97 Å². The van der Waals surface area contributed by atoms with Crippen LogP contribution in [0.3, 0.4) is 0 Å². The third kappa shape index (κ3) is 3.96. The van der Waals surface area contributed by atoms with E-state index in [-0.39, 0.29) is 5.91 Å². The van der Waals surface area contributed by atoms with Crippen molar-refractivity contribution in [2.24, 2.45) is 0 Å². The van der Waals surface area contributed by atoms with E-state index in [0.717, 1.165) is 41.5 Å². The molecule has 0 bridgehead atoms. The fourth-order valence-corrected chi connectivity index (χ4v) is 6.15. The summed E-state index contributed by atoms with van der Waals surface area (Å²) in [4.78, 5) is 24.1. The number of aromatic nitrogens is 2. The summed E-state index contributed by atoms with van der Waals surface area (Å²) in [7, 11) is 0. The number of nitrogens with zero attached hydrogens (tertiary/aromatic N) is 2. The second kappa shape index (κ2) is 8.09. The third-order valence-electron chi connectivity index (χ3n) is 5.14. The van der Waals surface area contributed by atoms with Crippen LogP contribution < -0.4 is 5.32 Å². The summed E-state index contributed by atoms with van der Waals surface area (Å²) in [5.74, 6) is 1.32. The van der Waals surface area contributed by atoms with E-state index in [1.807, 2.05) is 18.3 Å². The van der Waals surface area contributed by atoms with Crippen LogP contribution in [0.2, 0.25) is 0 Å². The first-order chi connectivity index (χ1) is 12.7. The second-order valence-corrected chi connectivity index (χ2v) is 9.16. The van der Waals surface area contributed by atoms with E-state index >= 15 is 0 Å². The number of fused-ring (bicyclic) bond motifs is 3. The molecule has 0 saturated carbocycles. The fraction of sp³-hybridized carbons (Fsp3) is 0.550. The molecule has 2 aromatic heterocycles. The number of hydrogen-bond acceptors (Lipinski definition) is 5. The zero-order valence-electron chi connectivity index (χ0n) is 15.3. The van der Waals surface area contributed by atoms with Crippen LogP contribution >= 0.6 is 23.1 Å². The van der Waals surface area contributed by atoms with Gasteiger partial charge in [-0.3, -0.25) is 4.79 Å². The van der Waals surface area contributed by atoms with Gasteiger partial charge in [0.05, 0.1) is 5.75 Å². The number of aryl methyl sites for hydroxylation is 3. The van der Waals surface area contributed by atoms with E-state index in [9.17, 15) is 4.79 Å². The van der Waals surface area contributed by atoms with Gasteiger partial charge in [0.1, 0.15) is 15.7 Å². The van der Waals surface area contributed by atoms with Gasteiger partial charge in [-0.1, -0.05) is 23.4 Å². The van der Waals surface area contributed by atoms with Crippen molar-refractivity contribution in [1.82, 2.24) is 15.3 Å². The Bertz CT molecular complexity index is 856. The lowest BCUT2D eigenvalue weighted by Crippen LogP contribution is -2.26. The molecule has 0 aromatic carbocycles. The minimum absolute atomic E-state index is 0.0997. The number of thioether (sulfide) groups is 1. The van der Waals surface area contributed by atoms with Crippen molar-refractivity contribution in [3.05, 3.63) is 27.9 Å². The first-order valence-corrected chi connectivity index (χ1v) is 11.4. The lowest BCUT2D eigenvalue weighted by Gasteiger charge is -2.13. The van der Waals surface area contributed by atoms with Crippen LogP contribution in [0.25, 0.3) is 10.2 Å². The van der Waals surface area contributed by atoms with Crippen LogP contribution in [-0.4, -0.2) is 28.2 Å². The smallest absolute Gasteiger partial charge is 0.230 e. The fourth-order valence-electron chi connectivity index (χ4n) is 3.85. The number of rotatable bonds is 6. The first-order valence-electron chi connectivity index (χ1n) is 9.57. The normalized spacial score (nSPS) is 16.6. The highest BCUT2D eigenvalue weighted by Gasteiger charge is 2.22. The maximum atomic E-state index is 12.3. The summed E-state index contributed by atoms with van der Waals surface area (Å²) in [6, 6.07) is 0. The van der Waals surface area contributed by atoms with Gasteiger partial charge in [0.2, 0.25) is 5.91 Å². The molecule has 0 aliphatic heterocycles. The van der Waals surface area contributed by atoms with Crippen molar-refractivity contribution in [3.8, 4) is 0 Å². The molecule has 4 rings (SSSR count). The Kier molecular flexibility index (Phi) is 5.60. The van der Waals surface area contributed by atoms with Crippen molar-refractivity contribution < 1.29 is 4.79 Å². The number of hydrogen-bond donors (Lipinski definition) is 1. The number of allylic oxidation sites excluding steroid dienone is 1. The van der Waals surface area contributed by atoms with E-state index in [1.165, 1.54) is 53.5 Å². The molecule has 0 radical (unpaired) electrons. The summed E-state index contributed by atoms with van der Waals surface area (Å²) in [5, 5.41) is 5.26. The Morgan fingerprint density at radius 3 is 3.00 bits per heavy atom. The monoisotopic (exact) mass is 387 g/mol. The number of nitrogens with one attached hydrogen (secondary N) is 1. The number of amides is 1. The van der Waals surface area contributed by atoms with Crippen LogP contribution in [0.5, 0.6) is 0 Å². The average molecular weight is 388 g/mol. The maximum absolute atomic E-state index is 12.3. The number of thiophene rings is 1. The standard InChI is InChI=1S/C20H25N3OS2/c1-13-22-19(18-15-8-5-9-16(15)26-20(18)23-13)25-12-17(24)21-11-10-14-6-3-2-4-7-14/h6H,2-5,7-12H2,1H3,(H,21,24). The van der Waals surface area contributed by atoms with Crippen molar-refractivity contribution in [2.45, 2.75) is 63.3 Å². The molecule has 1 amide bonds. The molecule has 0 saturated heterocycles. The van der Waals surface area contributed by atoms with Crippen LogP contribution in [0.1, 0.15) is 54.8 Å². The van der Waals surface area contributed by atoms with Gasteiger partial charge in [0, 0.05) is 16.8 Å². The molecule has 2 aliphatic rings. The molecular weight excluding hydrogens is 362 g/mol. The molecule has 4 nitrogen and oxygen atoms in total. The SMILES string of the molecule is Cc1nc(SCC(=O)NCCC2=CCCCC2)c2c3c(sc2n1)CCC3. The number of carbonyl (C=O) groups excluding carboxylic acids is 1. The molecule has 0 atom stereocenters. The molecule has 2 heterocycles. The van der Waals surface area contributed by atoms with E-state index in [1.54, 1.807) is 11.8 Å². The van der Waals surface area contributed by atoms with Gasteiger partial charge in [-0.15, -0.1) is 11.3 Å². The second-order valence-electron chi connectivity index (χ2n) is 7.11. The largest absolute Gasteiger partial charge is 0.355 e. The molecule has 0 unspecified atom stereocenters. The van der Waals surface area contributed by atoms with Gasteiger partial charge < -0.3 is 5.32 Å². The van der Waals surface area contributed by atoms with Crippen molar-refractivity contribution in [3.63, 3.8) is 0 Å². The molecule has 2 aromatic rings. The summed E-state index contributed by atoms with van der Waals surface area (Å²) in [6.45, 7) is 2.68. The van der Waals surface area contributed by atoms with E-state index in [4.69, 9.17) is 0 Å².